The van der Waals surface area contributed by atoms with Gasteiger partial charge in [-0.15, -0.1) is 13.2 Å². The molecular weight excluding hydrogens is 326 g/mol. The van der Waals surface area contributed by atoms with E-state index >= 15 is 0 Å². The summed E-state index contributed by atoms with van der Waals surface area (Å²) in [5.74, 6) is -1.93. The molecule has 0 saturated carbocycles. The number of rotatable bonds is 10. The lowest BCUT2D eigenvalue weighted by Crippen LogP contribution is -2.26. The van der Waals surface area contributed by atoms with Gasteiger partial charge in [-0.2, -0.15) is 0 Å². The van der Waals surface area contributed by atoms with Gasteiger partial charge in [-0.05, 0) is 30.7 Å². The van der Waals surface area contributed by atoms with Gasteiger partial charge < -0.3 is 19.7 Å². The highest BCUT2D eigenvalue weighted by molar-refractivity contribution is 6.27. The molecule has 0 atom stereocenters. The van der Waals surface area contributed by atoms with Crippen LogP contribution in [0.25, 0.3) is 0 Å². The van der Waals surface area contributed by atoms with Gasteiger partial charge in [0.05, 0.1) is 13.7 Å². The second-order valence-electron chi connectivity index (χ2n) is 4.82. The van der Waals surface area contributed by atoms with Crippen LogP contribution in [0.1, 0.15) is 6.42 Å². The summed E-state index contributed by atoms with van der Waals surface area (Å²) < 4.78 is 10.8. The van der Waals surface area contributed by atoms with Crippen molar-refractivity contribution in [1.29, 1.82) is 0 Å². The highest BCUT2D eigenvalue weighted by Gasteiger charge is 2.04. The Bertz CT molecular complexity index is 519. The molecule has 0 aliphatic rings. The number of hydrogen-bond donors (Lipinski definition) is 2. The Balaban J connectivity index is 0.000000823. The fourth-order valence-electron chi connectivity index (χ4n) is 1.77. The molecule has 138 valence electrons. The topological polar surface area (TPSA) is 96.3 Å². The monoisotopic (exact) mass is 351 g/mol. The van der Waals surface area contributed by atoms with E-state index in [-0.39, 0.29) is 0 Å². The quantitative estimate of drug-likeness (QED) is 0.379. The van der Waals surface area contributed by atoms with E-state index in [1.807, 2.05) is 36.4 Å². The van der Waals surface area contributed by atoms with Crippen molar-refractivity contribution in [3.05, 3.63) is 49.6 Å². The first-order valence-electron chi connectivity index (χ1n) is 7.61. The van der Waals surface area contributed by atoms with Crippen molar-refractivity contribution < 1.29 is 29.3 Å². The van der Waals surface area contributed by atoms with Gasteiger partial charge in [-0.1, -0.05) is 12.2 Å². The number of benzene rings is 1. The van der Waals surface area contributed by atoms with E-state index in [1.54, 1.807) is 7.11 Å². The zero-order chi connectivity index (χ0) is 19.1. The highest BCUT2D eigenvalue weighted by Crippen LogP contribution is 2.17. The Hall–Kier alpha value is -2.80. The minimum atomic E-state index is -1.82. The van der Waals surface area contributed by atoms with E-state index in [9.17, 15) is 0 Å². The lowest BCUT2D eigenvalue weighted by Gasteiger charge is -2.18. The van der Waals surface area contributed by atoms with Gasteiger partial charge >= 0.3 is 11.9 Å². The van der Waals surface area contributed by atoms with E-state index in [4.69, 9.17) is 29.3 Å². The van der Waals surface area contributed by atoms with Crippen LogP contribution in [0, 0.1) is 0 Å². The molecule has 0 aliphatic heterocycles. The molecule has 0 bridgehead atoms. The number of carboxylic acid groups (broad SMARTS) is 2. The number of hydrogen-bond acceptors (Lipinski definition) is 5. The van der Waals surface area contributed by atoms with Crippen molar-refractivity contribution >= 4 is 11.9 Å². The zero-order valence-corrected chi connectivity index (χ0v) is 14.4. The molecule has 0 saturated heterocycles. The molecule has 25 heavy (non-hydrogen) atoms. The van der Waals surface area contributed by atoms with Crippen LogP contribution in [-0.4, -0.2) is 60.4 Å². The number of carbonyl (C=O) groups is 2. The third kappa shape index (κ3) is 11.4. The minimum absolute atomic E-state index is 0.705. The molecule has 0 amide bonds. The Kier molecular flexibility index (Phi) is 12.1. The van der Waals surface area contributed by atoms with Crippen LogP contribution in [0.4, 0.5) is 0 Å². The number of methoxy groups -OCH3 is 1. The maximum atomic E-state index is 9.10. The van der Waals surface area contributed by atoms with Crippen molar-refractivity contribution in [2.45, 2.75) is 6.42 Å². The van der Waals surface area contributed by atoms with Crippen molar-refractivity contribution in [2.24, 2.45) is 0 Å². The predicted octanol–water partition coefficient (Wildman–Crippen LogP) is 2.29. The number of nitrogens with zero attached hydrogens (tertiary/aromatic N) is 1. The molecular formula is C18H25NO6. The van der Waals surface area contributed by atoms with Gasteiger partial charge in [-0.25, -0.2) is 9.59 Å². The summed E-state index contributed by atoms with van der Waals surface area (Å²) in [5.41, 5.74) is 0. The summed E-state index contributed by atoms with van der Waals surface area (Å²) in [4.78, 5) is 20.5. The van der Waals surface area contributed by atoms with Crippen molar-refractivity contribution in [2.75, 3.05) is 33.4 Å². The van der Waals surface area contributed by atoms with Crippen LogP contribution < -0.4 is 9.47 Å². The molecule has 0 radical (unpaired) electrons. The predicted molar refractivity (Wildman–Crippen MR) is 95.2 cm³/mol. The fraction of sp³-hybridized carbons (Fsp3) is 0.333. The van der Waals surface area contributed by atoms with Crippen molar-refractivity contribution in [3.8, 4) is 11.5 Å². The summed E-state index contributed by atoms with van der Waals surface area (Å²) >= 11 is 0. The molecule has 0 aromatic heterocycles. The van der Waals surface area contributed by atoms with Gasteiger partial charge in [-0.3, -0.25) is 4.90 Å². The van der Waals surface area contributed by atoms with Crippen LogP contribution in [-0.2, 0) is 9.59 Å². The number of aliphatic carboxylic acids is 2. The third-order valence-electron chi connectivity index (χ3n) is 2.90. The van der Waals surface area contributed by atoms with Crippen LogP contribution in [0.5, 0.6) is 11.5 Å². The largest absolute Gasteiger partial charge is 0.497 e. The van der Waals surface area contributed by atoms with Gasteiger partial charge in [0, 0.05) is 19.6 Å². The molecule has 0 aliphatic carbocycles. The van der Waals surface area contributed by atoms with E-state index in [0.29, 0.717) is 6.61 Å². The van der Waals surface area contributed by atoms with E-state index in [0.717, 1.165) is 37.6 Å². The summed E-state index contributed by atoms with van der Waals surface area (Å²) in [6.45, 7) is 11.0. The maximum absolute atomic E-state index is 9.10. The summed E-state index contributed by atoms with van der Waals surface area (Å²) in [5, 5.41) is 14.8. The van der Waals surface area contributed by atoms with Crippen LogP contribution in [0.2, 0.25) is 0 Å². The average molecular weight is 351 g/mol. The zero-order valence-electron chi connectivity index (χ0n) is 14.4. The molecule has 7 heteroatoms. The summed E-state index contributed by atoms with van der Waals surface area (Å²) in [6.07, 6.45) is 4.80. The molecule has 7 nitrogen and oxygen atoms in total. The van der Waals surface area contributed by atoms with E-state index in [2.05, 4.69) is 18.1 Å². The van der Waals surface area contributed by atoms with Gasteiger partial charge in [0.2, 0.25) is 0 Å². The van der Waals surface area contributed by atoms with Crippen molar-refractivity contribution in [3.63, 3.8) is 0 Å². The summed E-state index contributed by atoms with van der Waals surface area (Å²) in [7, 11) is 1.66. The molecule has 0 spiro atoms. The van der Waals surface area contributed by atoms with Gasteiger partial charge in [0.15, 0.2) is 0 Å². The second kappa shape index (κ2) is 13.6. The normalized spacial score (nSPS) is 9.52. The number of ether oxygens (including phenoxy) is 2. The molecule has 1 aromatic carbocycles. The lowest BCUT2D eigenvalue weighted by molar-refractivity contribution is -0.159. The van der Waals surface area contributed by atoms with Crippen LogP contribution >= 0.6 is 0 Å². The highest BCUT2D eigenvalue weighted by atomic mass is 16.5. The fourth-order valence-corrected chi connectivity index (χ4v) is 1.77. The minimum Gasteiger partial charge on any atom is -0.497 e. The first kappa shape index (κ1) is 22.2. The maximum Gasteiger partial charge on any atom is 0.414 e. The molecule has 1 aromatic rings. The Morgan fingerprint density at radius 2 is 1.52 bits per heavy atom. The standard InChI is InChI=1S/C16H23NO2.C2H2O4/c1-4-11-17(12-5-2)13-6-14-19-16-9-7-15(18-3)8-10-16;3-1(4)2(5)6/h4-5,7-10H,1-2,6,11-14H2,3H3;(H,3,4)(H,5,6). The Morgan fingerprint density at radius 1 is 1.04 bits per heavy atom. The molecule has 0 heterocycles. The first-order valence-corrected chi connectivity index (χ1v) is 7.61. The average Bonchev–Trinajstić information content (AvgIpc) is 2.60. The second-order valence-corrected chi connectivity index (χ2v) is 4.82. The Labute approximate surface area is 147 Å². The van der Waals surface area contributed by atoms with Gasteiger partial charge in [0.1, 0.15) is 11.5 Å². The van der Waals surface area contributed by atoms with Crippen LogP contribution in [0.3, 0.4) is 0 Å². The molecule has 1 rings (SSSR count). The van der Waals surface area contributed by atoms with E-state index < -0.39 is 11.9 Å². The SMILES string of the molecule is C=CCN(CC=C)CCCOc1ccc(OC)cc1.O=C(O)C(=O)O. The van der Waals surface area contributed by atoms with E-state index in [1.165, 1.54) is 0 Å². The third-order valence-corrected chi connectivity index (χ3v) is 2.90. The lowest BCUT2D eigenvalue weighted by atomic mass is 10.3. The van der Waals surface area contributed by atoms with Crippen LogP contribution in [0.15, 0.2) is 49.6 Å². The smallest absolute Gasteiger partial charge is 0.414 e. The van der Waals surface area contributed by atoms with Gasteiger partial charge in [0.25, 0.3) is 0 Å². The molecule has 0 fully saturated rings. The number of carboxylic acids is 2. The first-order chi connectivity index (χ1) is 11.9. The molecule has 0 unspecified atom stereocenters. The molecule has 2 N–H and O–H groups in total. The summed E-state index contributed by atoms with van der Waals surface area (Å²) in [6, 6.07) is 7.64. The van der Waals surface area contributed by atoms with Crippen molar-refractivity contribution in [1.82, 2.24) is 4.90 Å². The Morgan fingerprint density at radius 3 is 1.92 bits per heavy atom.